The second-order valence-electron chi connectivity index (χ2n) is 1.61. The summed E-state index contributed by atoms with van der Waals surface area (Å²) in [7, 11) is 0. The monoisotopic (exact) mass is 166 g/mol. The van der Waals surface area contributed by atoms with Crippen LogP contribution in [-0.4, -0.2) is 4.98 Å². The molecule has 56 valence electrons. The van der Waals surface area contributed by atoms with E-state index in [4.69, 9.17) is 19.4 Å². The van der Waals surface area contributed by atoms with Crippen molar-refractivity contribution in [2.75, 3.05) is 5.73 Å². The maximum atomic E-state index is 7.90. The molecule has 1 rings (SSSR count). The Balaban J connectivity index is 3.58. The first kappa shape index (κ1) is 1.78. The Morgan fingerprint density at radius 3 is 3.10 bits per heavy atom. The minimum Gasteiger partial charge on any atom is -0.383 e. The first-order valence-corrected chi connectivity index (χ1v) is 3.21. The number of nitrogens with two attached hydrogens (primary N) is 1. The van der Waals surface area contributed by atoms with Crippen LogP contribution in [0.1, 0.15) is 43.2 Å². The summed E-state index contributed by atoms with van der Waals surface area (Å²) in [6.45, 7) is -9.09. The molecule has 2 N–H and O–H groups in total. The van der Waals surface area contributed by atoms with Gasteiger partial charge in [0.2, 0.25) is 0 Å². The predicted molar refractivity (Wildman–Crippen MR) is 45.4 cm³/mol. The van der Waals surface area contributed by atoms with Gasteiger partial charge in [0.05, 0.1) is 9.88 Å². The van der Waals surface area contributed by atoms with E-state index in [-0.39, 0.29) is 0 Å². The molecular weight excluding hydrogens is 144 g/mol. The summed E-state index contributed by atoms with van der Waals surface area (Å²) < 4.78 is 73.3. The number of hydrogen-bond acceptors (Lipinski definition) is 3. The molecule has 0 saturated carbocycles. The van der Waals surface area contributed by atoms with Gasteiger partial charge in [-0.25, -0.2) is 4.98 Å². The van der Waals surface area contributed by atoms with Crippen molar-refractivity contribution in [1.82, 2.24) is 4.98 Å². The van der Waals surface area contributed by atoms with Crippen LogP contribution in [-0.2, 0) is 0 Å². The second-order valence-corrected chi connectivity index (χ2v) is 2.61. The van der Waals surface area contributed by atoms with Crippen molar-refractivity contribution < 1.29 is 13.7 Å². The third-order valence-corrected chi connectivity index (χ3v) is 1.78. The summed E-state index contributed by atoms with van der Waals surface area (Å²) in [6.07, 6.45) is 0. The van der Waals surface area contributed by atoms with Crippen molar-refractivity contribution in [3.63, 3.8) is 0 Å². The second kappa shape index (κ2) is 2.58. The van der Waals surface area contributed by atoms with Gasteiger partial charge in [-0.2, -0.15) is 0 Å². The molecular formula is C7H12N2S. The highest BCUT2D eigenvalue weighted by Crippen LogP contribution is 2.27. The van der Waals surface area contributed by atoms with Crippen molar-refractivity contribution in [3.05, 3.63) is 9.88 Å². The molecule has 0 aliphatic carbocycles. The average Bonchev–Trinajstić information content (AvgIpc) is 2.55. The minimum atomic E-state index is -3.22. The molecule has 0 aromatic carbocycles. The van der Waals surface area contributed by atoms with Crippen LogP contribution in [0, 0.1) is 6.85 Å². The number of anilines is 1. The topological polar surface area (TPSA) is 38.9 Å². The van der Waals surface area contributed by atoms with Crippen molar-refractivity contribution >= 4 is 17.2 Å². The zero-order valence-electron chi connectivity index (χ0n) is 14.9. The third-order valence-electron chi connectivity index (χ3n) is 0.880. The molecule has 0 amide bonds. The Bertz CT molecular complexity index is 481. The van der Waals surface area contributed by atoms with Gasteiger partial charge >= 0.3 is 0 Å². The Kier molecular flexibility index (Phi) is 0.458. The molecule has 1 heterocycles. The molecule has 0 spiro atoms. The molecule has 1 aromatic rings. The normalized spacial score (nSPS) is 30.4. The van der Waals surface area contributed by atoms with Crippen LogP contribution in [0.25, 0.3) is 0 Å². The summed E-state index contributed by atoms with van der Waals surface area (Å²) in [5.74, 6) is -3.57. The van der Waals surface area contributed by atoms with E-state index in [2.05, 4.69) is 4.98 Å². The van der Waals surface area contributed by atoms with E-state index in [0.717, 1.165) is 0 Å². The zero-order valence-corrected chi connectivity index (χ0v) is 5.75. The summed E-state index contributed by atoms with van der Waals surface area (Å²) in [5, 5.41) is -0.491. The van der Waals surface area contributed by atoms with Gasteiger partial charge in [-0.15, -0.1) is 11.3 Å². The van der Waals surface area contributed by atoms with Crippen molar-refractivity contribution in [2.45, 2.75) is 26.4 Å². The van der Waals surface area contributed by atoms with Gasteiger partial charge in [0.1, 0.15) is 5.82 Å². The van der Waals surface area contributed by atoms with E-state index in [1.807, 2.05) is 0 Å². The largest absolute Gasteiger partial charge is 0.383 e. The standard InChI is InChI=1S/C7H12N2S/c1-4(2)6-7(8)9-5(3)10-6/h4H,8H2,1-3H3/i1D3,2D3,3D3,4D. The Labute approximate surface area is 79.1 Å². The highest BCUT2D eigenvalue weighted by molar-refractivity contribution is 7.12. The smallest absolute Gasteiger partial charge is 0.138 e. The molecule has 0 atom stereocenters. The summed E-state index contributed by atoms with van der Waals surface area (Å²) >= 11 is 0.321. The van der Waals surface area contributed by atoms with E-state index >= 15 is 0 Å². The highest BCUT2D eigenvalue weighted by Gasteiger charge is 2.08. The highest BCUT2D eigenvalue weighted by atomic mass is 32.1. The molecule has 0 bridgehead atoms. The van der Waals surface area contributed by atoms with Crippen LogP contribution < -0.4 is 5.73 Å². The number of thiazole rings is 1. The van der Waals surface area contributed by atoms with E-state index < -0.39 is 42.2 Å². The van der Waals surface area contributed by atoms with Crippen molar-refractivity contribution in [2.24, 2.45) is 0 Å². The Hall–Kier alpha value is -0.570. The van der Waals surface area contributed by atoms with Gasteiger partial charge in [0.15, 0.2) is 0 Å². The van der Waals surface area contributed by atoms with Crippen LogP contribution in [0.2, 0.25) is 0 Å². The van der Waals surface area contributed by atoms with Gasteiger partial charge < -0.3 is 5.73 Å². The molecule has 3 heteroatoms. The van der Waals surface area contributed by atoms with E-state index in [0.29, 0.717) is 11.3 Å². The molecule has 0 radical (unpaired) electrons. The molecule has 0 fully saturated rings. The van der Waals surface area contributed by atoms with E-state index in [9.17, 15) is 0 Å². The summed E-state index contributed by atoms with van der Waals surface area (Å²) in [4.78, 5) is 2.91. The number of hydrogen-bond donors (Lipinski definition) is 1. The molecule has 0 unspecified atom stereocenters. The molecule has 0 aliphatic rings. The van der Waals surface area contributed by atoms with Crippen LogP contribution >= 0.6 is 11.3 Å². The molecule has 10 heavy (non-hydrogen) atoms. The maximum Gasteiger partial charge on any atom is 0.138 e. The quantitative estimate of drug-likeness (QED) is 0.694. The molecule has 0 saturated heterocycles. The number of aryl methyl sites for hydroxylation is 1. The first-order chi connectivity index (χ1) is 8.62. The number of rotatable bonds is 1. The fourth-order valence-corrected chi connectivity index (χ4v) is 1.10. The van der Waals surface area contributed by atoms with Crippen LogP contribution in [0.4, 0.5) is 5.82 Å². The van der Waals surface area contributed by atoms with Gasteiger partial charge in [0.25, 0.3) is 0 Å². The fraction of sp³-hybridized carbons (Fsp3) is 0.571. The Morgan fingerprint density at radius 1 is 1.80 bits per heavy atom. The zero-order chi connectivity index (χ0) is 16.1. The maximum absolute atomic E-state index is 7.90. The van der Waals surface area contributed by atoms with Gasteiger partial charge in [0, 0.05) is 13.7 Å². The minimum absolute atomic E-state index is 0.321. The van der Waals surface area contributed by atoms with E-state index in [1.54, 1.807) is 0 Å². The van der Waals surface area contributed by atoms with Crippen molar-refractivity contribution in [1.29, 1.82) is 0 Å². The lowest BCUT2D eigenvalue weighted by Crippen LogP contribution is -1.91. The lowest BCUT2D eigenvalue weighted by Gasteiger charge is -1.98. The number of aromatic nitrogens is 1. The van der Waals surface area contributed by atoms with Gasteiger partial charge in [-0.1, -0.05) is 13.7 Å². The number of nitrogens with zero attached hydrogens (tertiary/aromatic N) is 1. The SMILES string of the molecule is [2H]C([2H])([2H])c1nc(N)c(C([2H])(C([2H])([2H])[2H])C([2H])([2H])[2H])s1. The lowest BCUT2D eigenvalue weighted by molar-refractivity contribution is 0.889. The van der Waals surface area contributed by atoms with Crippen LogP contribution in [0.3, 0.4) is 0 Å². The lowest BCUT2D eigenvalue weighted by atomic mass is 10.2. The Morgan fingerprint density at radius 2 is 2.60 bits per heavy atom. The average molecular weight is 166 g/mol. The first-order valence-electron chi connectivity index (χ1n) is 7.39. The fourth-order valence-electron chi connectivity index (χ4n) is 0.511. The molecule has 0 aliphatic heterocycles. The molecule has 1 aromatic heterocycles. The van der Waals surface area contributed by atoms with Gasteiger partial charge in [-0.05, 0) is 12.7 Å². The molecule has 2 nitrogen and oxygen atoms in total. The van der Waals surface area contributed by atoms with E-state index in [1.165, 1.54) is 0 Å². The van der Waals surface area contributed by atoms with Crippen LogP contribution in [0.5, 0.6) is 0 Å². The summed E-state index contributed by atoms with van der Waals surface area (Å²) in [5.41, 5.74) is 5.45. The predicted octanol–water partition coefficient (Wildman–Crippen LogP) is 2.16. The van der Waals surface area contributed by atoms with Crippen molar-refractivity contribution in [3.8, 4) is 0 Å². The summed E-state index contributed by atoms with van der Waals surface area (Å²) in [6, 6.07) is 0. The third kappa shape index (κ3) is 1.29. The number of nitrogen functional groups attached to an aromatic ring is 1. The van der Waals surface area contributed by atoms with Gasteiger partial charge in [-0.3, -0.25) is 0 Å². The van der Waals surface area contributed by atoms with Crippen LogP contribution in [0.15, 0.2) is 0 Å².